The van der Waals surface area contributed by atoms with E-state index in [2.05, 4.69) is 101 Å². The summed E-state index contributed by atoms with van der Waals surface area (Å²) in [6, 6.07) is 23.1. The molecule has 2 aromatic rings. The lowest BCUT2D eigenvalue weighted by molar-refractivity contribution is 0.165. The molecular formula is C25H37NOSi. The molecule has 1 fully saturated rings. The van der Waals surface area contributed by atoms with Crippen LogP contribution in [0, 0.1) is 0 Å². The molecule has 3 heteroatoms. The van der Waals surface area contributed by atoms with Gasteiger partial charge in [0, 0.05) is 18.2 Å². The fourth-order valence-electron chi connectivity index (χ4n) is 4.87. The first-order valence-electron chi connectivity index (χ1n) is 10.9. The van der Waals surface area contributed by atoms with Gasteiger partial charge in [0.1, 0.15) is 0 Å². The molecule has 1 aliphatic rings. The molecule has 1 N–H and O–H groups in total. The molecular weight excluding hydrogens is 358 g/mol. The first-order chi connectivity index (χ1) is 13.3. The molecule has 0 aliphatic carbocycles. The number of piperidine rings is 1. The van der Waals surface area contributed by atoms with Gasteiger partial charge in [-0.05, 0) is 48.5 Å². The minimum Gasteiger partial charge on any atom is -0.405 e. The highest BCUT2D eigenvalue weighted by atomic mass is 28.4. The van der Waals surface area contributed by atoms with Crippen LogP contribution in [0.25, 0.3) is 0 Å². The zero-order chi connectivity index (χ0) is 20.2. The van der Waals surface area contributed by atoms with Gasteiger partial charge in [-0.2, -0.15) is 0 Å². The first-order valence-corrected chi connectivity index (χ1v) is 12.8. The van der Waals surface area contributed by atoms with Crippen molar-refractivity contribution in [1.82, 2.24) is 5.32 Å². The number of rotatable bonds is 6. The Morgan fingerprint density at radius 1 is 0.964 bits per heavy atom. The monoisotopic (exact) mass is 395 g/mol. The van der Waals surface area contributed by atoms with Crippen LogP contribution in [0.1, 0.15) is 60.3 Å². The van der Waals surface area contributed by atoms with Gasteiger partial charge in [-0.15, -0.1) is 0 Å². The molecule has 0 unspecified atom stereocenters. The quantitative estimate of drug-likeness (QED) is 0.705. The van der Waals surface area contributed by atoms with Crippen molar-refractivity contribution >= 4 is 18.7 Å². The van der Waals surface area contributed by atoms with Crippen LogP contribution in [-0.4, -0.2) is 26.5 Å². The third kappa shape index (κ3) is 4.59. The zero-order valence-electron chi connectivity index (χ0n) is 18.2. The van der Waals surface area contributed by atoms with E-state index in [1.807, 2.05) is 0 Å². The Balaban J connectivity index is 1.96. The molecule has 1 saturated heterocycles. The number of benzene rings is 2. The van der Waals surface area contributed by atoms with Crippen molar-refractivity contribution in [2.45, 2.75) is 83.5 Å². The third-order valence-electron chi connectivity index (χ3n) is 6.12. The van der Waals surface area contributed by atoms with Gasteiger partial charge in [0.05, 0.1) is 0 Å². The van der Waals surface area contributed by atoms with Crippen molar-refractivity contribution in [2.75, 3.05) is 0 Å². The van der Waals surface area contributed by atoms with Crippen molar-refractivity contribution < 1.29 is 4.43 Å². The van der Waals surface area contributed by atoms with Gasteiger partial charge in [-0.3, -0.25) is 0 Å². The third-order valence-corrected chi connectivity index (χ3v) is 11.3. The summed E-state index contributed by atoms with van der Waals surface area (Å²) >= 11 is 0. The molecule has 2 nitrogen and oxygen atoms in total. The maximum absolute atomic E-state index is 7.21. The first kappa shape index (κ1) is 21.3. The summed E-state index contributed by atoms with van der Waals surface area (Å²) in [6.45, 7) is 11.6. The standard InChI is InChI=1S/C25H37NOSi/c1-20-13-12-14-22(26-20)19-21(2)27-28(25(3,4)5,23-15-8-6-9-16-23)24-17-10-7-11-18-24/h6-11,15-18,20-22,26H,12-14,19H2,1-5H3/t20-,21+,22-/m1/s1. The largest absolute Gasteiger partial charge is 0.405 e. The Labute approximate surface area is 172 Å². The topological polar surface area (TPSA) is 21.3 Å². The Morgan fingerprint density at radius 3 is 1.96 bits per heavy atom. The second kappa shape index (κ2) is 8.94. The van der Waals surface area contributed by atoms with E-state index in [-0.39, 0.29) is 11.1 Å². The van der Waals surface area contributed by atoms with Gasteiger partial charge in [0.25, 0.3) is 8.32 Å². The van der Waals surface area contributed by atoms with E-state index < -0.39 is 8.32 Å². The van der Waals surface area contributed by atoms with E-state index in [9.17, 15) is 0 Å². The van der Waals surface area contributed by atoms with Gasteiger partial charge in [0.15, 0.2) is 0 Å². The van der Waals surface area contributed by atoms with E-state index >= 15 is 0 Å². The number of hydrogen-bond acceptors (Lipinski definition) is 2. The predicted molar refractivity (Wildman–Crippen MR) is 123 cm³/mol. The number of hydrogen-bond donors (Lipinski definition) is 1. The maximum Gasteiger partial charge on any atom is 0.261 e. The predicted octanol–water partition coefficient (Wildman–Crippen LogP) is 4.87. The van der Waals surface area contributed by atoms with Crippen LogP contribution in [0.4, 0.5) is 0 Å². The van der Waals surface area contributed by atoms with Crippen LogP contribution in [0.15, 0.2) is 60.7 Å². The van der Waals surface area contributed by atoms with Crippen LogP contribution in [0.3, 0.4) is 0 Å². The van der Waals surface area contributed by atoms with Crippen molar-refractivity contribution in [1.29, 1.82) is 0 Å². The molecule has 1 aliphatic heterocycles. The van der Waals surface area contributed by atoms with Gasteiger partial charge < -0.3 is 9.74 Å². The van der Waals surface area contributed by atoms with Crippen LogP contribution in [0.5, 0.6) is 0 Å². The van der Waals surface area contributed by atoms with E-state index in [1.54, 1.807) is 0 Å². The smallest absolute Gasteiger partial charge is 0.261 e. The lowest BCUT2D eigenvalue weighted by Crippen LogP contribution is -2.67. The van der Waals surface area contributed by atoms with Crippen LogP contribution >= 0.6 is 0 Å². The van der Waals surface area contributed by atoms with Crippen molar-refractivity contribution in [3.8, 4) is 0 Å². The Bertz CT molecular complexity index is 686. The van der Waals surface area contributed by atoms with Crippen LogP contribution in [-0.2, 0) is 4.43 Å². The van der Waals surface area contributed by atoms with E-state index in [4.69, 9.17) is 4.43 Å². The van der Waals surface area contributed by atoms with Gasteiger partial charge in [-0.25, -0.2) is 0 Å². The SMILES string of the molecule is C[C@@H]1CCC[C@H](C[C@H](C)O[Si](c2ccccc2)(c2ccccc2)C(C)(C)C)N1. The van der Waals surface area contributed by atoms with Gasteiger partial charge in [-0.1, -0.05) is 87.9 Å². The Kier molecular flexibility index (Phi) is 6.80. The van der Waals surface area contributed by atoms with Gasteiger partial charge >= 0.3 is 0 Å². The molecule has 0 amide bonds. The van der Waals surface area contributed by atoms with Crippen molar-refractivity contribution in [3.63, 3.8) is 0 Å². The second-order valence-corrected chi connectivity index (χ2v) is 13.8. The second-order valence-electron chi connectivity index (χ2n) is 9.52. The molecule has 3 atom stereocenters. The fraction of sp³-hybridized carbons (Fsp3) is 0.520. The van der Waals surface area contributed by atoms with Crippen LogP contribution in [0.2, 0.25) is 5.04 Å². The zero-order valence-corrected chi connectivity index (χ0v) is 19.2. The summed E-state index contributed by atoms with van der Waals surface area (Å²) in [6.07, 6.45) is 5.17. The summed E-state index contributed by atoms with van der Waals surface area (Å²) in [5.41, 5.74) is 0. The molecule has 2 aromatic carbocycles. The summed E-state index contributed by atoms with van der Waals surface area (Å²) in [7, 11) is -2.44. The molecule has 152 valence electrons. The Morgan fingerprint density at radius 2 is 1.50 bits per heavy atom. The summed E-state index contributed by atoms with van der Waals surface area (Å²) in [5.74, 6) is 0. The molecule has 3 rings (SSSR count). The molecule has 0 radical (unpaired) electrons. The molecule has 28 heavy (non-hydrogen) atoms. The van der Waals surface area contributed by atoms with Crippen LogP contribution < -0.4 is 15.7 Å². The molecule has 0 bridgehead atoms. The van der Waals surface area contributed by atoms with E-state index in [0.29, 0.717) is 12.1 Å². The lowest BCUT2D eigenvalue weighted by Gasteiger charge is -2.45. The molecule has 0 saturated carbocycles. The number of nitrogens with one attached hydrogen (secondary N) is 1. The molecule has 0 spiro atoms. The highest BCUT2D eigenvalue weighted by Crippen LogP contribution is 2.38. The Hall–Kier alpha value is -1.42. The highest BCUT2D eigenvalue weighted by molar-refractivity contribution is 6.99. The summed E-state index contributed by atoms with van der Waals surface area (Å²) < 4.78 is 7.21. The minimum absolute atomic E-state index is 0.0389. The average Bonchev–Trinajstić information content (AvgIpc) is 2.66. The minimum atomic E-state index is -2.44. The normalized spacial score (nSPS) is 22.0. The summed E-state index contributed by atoms with van der Waals surface area (Å²) in [5, 5.41) is 6.56. The van der Waals surface area contributed by atoms with Crippen molar-refractivity contribution in [2.24, 2.45) is 0 Å². The van der Waals surface area contributed by atoms with Gasteiger partial charge in [0.2, 0.25) is 0 Å². The fourth-order valence-corrected chi connectivity index (χ4v) is 9.58. The maximum atomic E-state index is 7.21. The molecule has 0 aromatic heterocycles. The van der Waals surface area contributed by atoms with Crippen molar-refractivity contribution in [3.05, 3.63) is 60.7 Å². The summed E-state index contributed by atoms with van der Waals surface area (Å²) in [4.78, 5) is 0. The van der Waals surface area contributed by atoms with E-state index in [0.717, 1.165) is 6.42 Å². The van der Waals surface area contributed by atoms with E-state index in [1.165, 1.54) is 29.6 Å². The average molecular weight is 396 g/mol. The lowest BCUT2D eigenvalue weighted by atomic mass is 9.96. The highest BCUT2D eigenvalue weighted by Gasteiger charge is 2.51. The molecule has 1 heterocycles.